The molecule has 3 heteroatoms. The first-order valence-electron chi connectivity index (χ1n) is 5.49. The van der Waals surface area contributed by atoms with E-state index in [-0.39, 0.29) is 18.3 Å². The van der Waals surface area contributed by atoms with Crippen LogP contribution in [-0.4, -0.2) is 19.0 Å². The largest absolute Gasteiger partial charge is 0.374 e. The van der Waals surface area contributed by atoms with Crippen molar-refractivity contribution in [3.05, 3.63) is 21.9 Å². The van der Waals surface area contributed by atoms with Crippen molar-refractivity contribution in [1.29, 1.82) is 0 Å². The van der Waals surface area contributed by atoms with Crippen LogP contribution >= 0.6 is 11.3 Å². The van der Waals surface area contributed by atoms with Crippen molar-refractivity contribution in [2.75, 3.05) is 13.2 Å². The summed E-state index contributed by atoms with van der Waals surface area (Å²) in [6.45, 7) is 2.82. The van der Waals surface area contributed by atoms with Crippen LogP contribution in [-0.2, 0) is 16.0 Å². The van der Waals surface area contributed by atoms with Crippen LogP contribution in [0.4, 0.5) is 0 Å². The molecule has 1 aliphatic rings. The van der Waals surface area contributed by atoms with E-state index in [0.717, 1.165) is 19.3 Å². The zero-order valence-electron chi connectivity index (χ0n) is 8.99. The summed E-state index contributed by atoms with van der Waals surface area (Å²) < 4.78 is 5.19. The van der Waals surface area contributed by atoms with Crippen molar-refractivity contribution in [2.24, 2.45) is 0 Å². The van der Waals surface area contributed by atoms with Crippen LogP contribution in [0.3, 0.4) is 0 Å². The number of aryl methyl sites for hydroxylation is 1. The molecule has 1 aromatic rings. The third-order valence-electron chi connectivity index (χ3n) is 2.89. The molecular formula is C12H16O2S. The Bertz CT molecular complexity index is 343. The molecule has 82 valence electrons. The Kier molecular flexibility index (Phi) is 3.54. The Balaban J connectivity index is 2.08. The summed E-state index contributed by atoms with van der Waals surface area (Å²) in [6.07, 6.45) is 3.27. The molecule has 1 heterocycles. The normalized spacial score (nSPS) is 19.9. The average Bonchev–Trinajstić information content (AvgIpc) is 2.73. The molecule has 15 heavy (non-hydrogen) atoms. The quantitative estimate of drug-likeness (QED) is 0.786. The molecule has 0 radical (unpaired) electrons. The summed E-state index contributed by atoms with van der Waals surface area (Å²) in [5, 5.41) is 2.09. The van der Waals surface area contributed by atoms with Crippen LogP contribution in [0.5, 0.6) is 0 Å². The fourth-order valence-corrected chi connectivity index (χ4v) is 3.11. The predicted molar refractivity (Wildman–Crippen MR) is 61.5 cm³/mol. The number of ether oxygens (including phenoxy) is 1. The molecular weight excluding hydrogens is 208 g/mol. The minimum atomic E-state index is 0.103. The predicted octanol–water partition coefficient (Wildman–Crippen LogP) is 2.77. The highest BCUT2D eigenvalue weighted by molar-refractivity contribution is 7.10. The van der Waals surface area contributed by atoms with Gasteiger partial charge in [-0.25, -0.2) is 0 Å². The van der Waals surface area contributed by atoms with Crippen molar-refractivity contribution in [2.45, 2.75) is 32.1 Å². The highest BCUT2D eigenvalue weighted by Gasteiger charge is 2.26. The van der Waals surface area contributed by atoms with Crippen molar-refractivity contribution in [3.63, 3.8) is 0 Å². The van der Waals surface area contributed by atoms with Crippen LogP contribution in [0.25, 0.3) is 0 Å². The highest BCUT2D eigenvalue weighted by Crippen LogP contribution is 2.35. The topological polar surface area (TPSA) is 26.3 Å². The van der Waals surface area contributed by atoms with E-state index in [4.69, 9.17) is 4.74 Å². The van der Waals surface area contributed by atoms with Crippen molar-refractivity contribution < 1.29 is 9.53 Å². The summed E-state index contributed by atoms with van der Waals surface area (Å²) >= 11 is 1.78. The van der Waals surface area contributed by atoms with Crippen LogP contribution in [0.2, 0.25) is 0 Å². The molecule has 1 atom stereocenters. The van der Waals surface area contributed by atoms with Gasteiger partial charge < -0.3 is 4.74 Å². The molecule has 1 aromatic heterocycles. The van der Waals surface area contributed by atoms with Crippen LogP contribution in [0.15, 0.2) is 11.4 Å². The van der Waals surface area contributed by atoms with E-state index in [0.29, 0.717) is 6.61 Å². The summed E-state index contributed by atoms with van der Waals surface area (Å²) in [6, 6.07) is 2.10. The Morgan fingerprint density at radius 3 is 3.33 bits per heavy atom. The molecule has 0 aliphatic heterocycles. The van der Waals surface area contributed by atoms with E-state index < -0.39 is 0 Å². The first-order valence-corrected chi connectivity index (χ1v) is 6.37. The number of hydrogen-bond donors (Lipinski definition) is 0. The van der Waals surface area contributed by atoms with Crippen LogP contribution < -0.4 is 0 Å². The van der Waals surface area contributed by atoms with E-state index >= 15 is 0 Å². The number of Topliss-reactive ketones (excluding diaryl/α,β-unsaturated/α-hetero) is 1. The third kappa shape index (κ3) is 2.29. The third-order valence-corrected chi connectivity index (χ3v) is 3.89. The van der Waals surface area contributed by atoms with E-state index in [1.807, 2.05) is 6.92 Å². The van der Waals surface area contributed by atoms with Crippen LogP contribution in [0, 0.1) is 0 Å². The molecule has 1 unspecified atom stereocenters. The van der Waals surface area contributed by atoms with Gasteiger partial charge in [0.05, 0.1) is 0 Å². The second-order valence-electron chi connectivity index (χ2n) is 3.85. The van der Waals surface area contributed by atoms with Gasteiger partial charge in [0.25, 0.3) is 0 Å². The van der Waals surface area contributed by atoms with Crippen LogP contribution in [0.1, 0.15) is 36.1 Å². The molecule has 2 nitrogen and oxygen atoms in total. The zero-order valence-corrected chi connectivity index (χ0v) is 9.81. The number of rotatable bonds is 4. The van der Waals surface area contributed by atoms with Gasteiger partial charge in [-0.15, -0.1) is 11.3 Å². The number of carbonyl (C=O) groups excluding carboxylic acids is 1. The Morgan fingerprint density at radius 1 is 1.67 bits per heavy atom. The van der Waals surface area contributed by atoms with E-state index in [1.165, 1.54) is 10.4 Å². The lowest BCUT2D eigenvalue weighted by Crippen LogP contribution is -2.21. The summed E-state index contributed by atoms with van der Waals surface area (Å²) in [5.74, 6) is 0.350. The van der Waals surface area contributed by atoms with E-state index in [2.05, 4.69) is 11.4 Å². The SMILES string of the molecule is CCOCC(=O)C1CCCc2sccc21. The van der Waals surface area contributed by atoms with Gasteiger partial charge in [-0.1, -0.05) is 0 Å². The second kappa shape index (κ2) is 4.90. The fraction of sp³-hybridized carbons (Fsp3) is 0.583. The molecule has 0 saturated heterocycles. The molecule has 0 spiro atoms. The second-order valence-corrected chi connectivity index (χ2v) is 4.85. The minimum absolute atomic E-state index is 0.103. The van der Waals surface area contributed by atoms with E-state index in [9.17, 15) is 4.79 Å². The van der Waals surface area contributed by atoms with Gasteiger partial charge in [0.2, 0.25) is 0 Å². The lowest BCUT2D eigenvalue weighted by atomic mass is 9.85. The van der Waals surface area contributed by atoms with Gasteiger partial charge in [0.15, 0.2) is 5.78 Å². The lowest BCUT2D eigenvalue weighted by molar-refractivity contribution is -0.125. The first-order chi connectivity index (χ1) is 7.33. The van der Waals surface area contributed by atoms with Gasteiger partial charge in [0, 0.05) is 17.4 Å². The van der Waals surface area contributed by atoms with E-state index in [1.54, 1.807) is 11.3 Å². The summed E-state index contributed by atoms with van der Waals surface area (Å²) in [5.41, 5.74) is 1.26. The maximum Gasteiger partial charge on any atom is 0.165 e. The average molecular weight is 224 g/mol. The lowest BCUT2D eigenvalue weighted by Gasteiger charge is -2.21. The van der Waals surface area contributed by atoms with Crippen molar-refractivity contribution in [1.82, 2.24) is 0 Å². The van der Waals surface area contributed by atoms with Crippen molar-refractivity contribution >= 4 is 17.1 Å². The standard InChI is InChI=1S/C12H16O2S/c1-2-14-8-11(13)9-4-3-5-12-10(9)6-7-15-12/h6-7,9H,2-5,8H2,1H3. The van der Waals surface area contributed by atoms with Gasteiger partial charge in [0.1, 0.15) is 6.61 Å². The monoisotopic (exact) mass is 224 g/mol. The van der Waals surface area contributed by atoms with Gasteiger partial charge in [-0.3, -0.25) is 4.79 Å². The number of thiophene rings is 1. The van der Waals surface area contributed by atoms with Gasteiger partial charge in [-0.05, 0) is 43.2 Å². The summed E-state index contributed by atoms with van der Waals surface area (Å²) in [7, 11) is 0. The van der Waals surface area contributed by atoms with Gasteiger partial charge >= 0.3 is 0 Å². The Labute approximate surface area is 94.3 Å². The zero-order chi connectivity index (χ0) is 10.7. The molecule has 0 N–H and O–H groups in total. The number of fused-ring (bicyclic) bond motifs is 1. The first kappa shape index (κ1) is 10.8. The number of hydrogen-bond acceptors (Lipinski definition) is 3. The molecule has 0 aromatic carbocycles. The smallest absolute Gasteiger partial charge is 0.165 e. The molecule has 0 saturated carbocycles. The highest BCUT2D eigenvalue weighted by atomic mass is 32.1. The molecule has 2 rings (SSSR count). The number of carbonyl (C=O) groups is 1. The van der Waals surface area contributed by atoms with Gasteiger partial charge in [-0.2, -0.15) is 0 Å². The minimum Gasteiger partial charge on any atom is -0.374 e. The molecule has 1 aliphatic carbocycles. The fourth-order valence-electron chi connectivity index (χ4n) is 2.12. The van der Waals surface area contributed by atoms with Crippen molar-refractivity contribution in [3.8, 4) is 0 Å². The number of ketones is 1. The maximum atomic E-state index is 11.9. The molecule has 0 bridgehead atoms. The summed E-state index contributed by atoms with van der Waals surface area (Å²) in [4.78, 5) is 13.3. The Morgan fingerprint density at radius 2 is 2.53 bits per heavy atom. The molecule has 0 amide bonds. The Hall–Kier alpha value is -0.670. The molecule has 0 fully saturated rings. The maximum absolute atomic E-state index is 11.9.